The van der Waals surface area contributed by atoms with Gasteiger partial charge in [-0.05, 0) is 44.9 Å². The van der Waals surface area contributed by atoms with Gasteiger partial charge in [0.25, 0.3) is 5.91 Å². The summed E-state index contributed by atoms with van der Waals surface area (Å²) in [5, 5.41) is 0. The zero-order valence-corrected chi connectivity index (χ0v) is 14.0. The minimum atomic E-state index is 0. The Labute approximate surface area is 138 Å². The first-order valence-electron chi connectivity index (χ1n) is 7.60. The van der Waals surface area contributed by atoms with Crippen molar-refractivity contribution >= 4 is 18.3 Å². The first-order chi connectivity index (χ1) is 10.2. The van der Waals surface area contributed by atoms with Crippen molar-refractivity contribution in [2.45, 2.75) is 32.7 Å². The summed E-state index contributed by atoms with van der Waals surface area (Å²) < 4.78 is 11.1. The molecule has 2 N–H and O–H groups in total. The number of nitrogens with two attached hydrogens (primary N) is 1. The van der Waals surface area contributed by atoms with Crippen molar-refractivity contribution in [3.05, 3.63) is 23.8 Å². The molecule has 1 aromatic rings. The number of nitrogens with zero attached hydrogens (tertiary/aromatic N) is 1. The molecule has 2 rings (SSSR count). The van der Waals surface area contributed by atoms with Gasteiger partial charge in [0.1, 0.15) is 0 Å². The first-order valence-corrected chi connectivity index (χ1v) is 7.60. The number of piperidine rings is 1. The molecule has 0 aliphatic carbocycles. The minimum Gasteiger partial charge on any atom is -0.490 e. The number of halogens is 1. The van der Waals surface area contributed by atoms with Crippen LogP contribution in [0.4, 0.5) is 0 Å². The van der Waals surface area contributed by atoms with Crippen LogP contribution < -0.4 is 15.2 Å². The Morgan fingerprint density at radius 2 is 1.95 bits per heavy atom. The fourth-order valence-corrected chi connectivity index (χ4v) is 2.56. The summed E-state index contributed by atoms with van der Waals surface area (Å²) in [6, 6.07) is 5.43. The van der Waals surface area contributed by atoms with Crippen LogP contribution in [0, 0.1) is 0 Å². The Morgan fingerprint density at radius 1 is 1.27 bits per heavy atom. The average molecular weight is 329 g/mol. The number of benzene rings is 1. The lowest BCUT2D eigenvalue weighted by molar-refractivity contribution is 0.0708. The minimum absolute atomic E-state index is 0. The molecule has 0 aromatic heterocycles. The van der Waals surface area contributed by atoms with Crippen molar-refractivity contribution in [3.63, 3.8) is 0 Å². The van der Waals surface area contributed by atoms with Crippen LogP contribution in [0.3, 0.4) is 0 Å². The van der Waals surface area contributed by atoms with Gasteiger partial charge in [0, 0.05) is 24.7 Å². The molecule has 0 saturated carbocycles. The van der Waals surface area contributed by atoms with E-state index in [-0.39, 0.29) is 24.4 Å². The maximum Gasteiger partial charge on any atom is 0.254 e. The average Bonchev–Trinajstić information content (AvgIpc) is 2.49. The van der Waals surface area contributed by atoms with Crippen LogP contribution in [0.1, 0.15) is 37.0 Å². The molecule has 5 nitrogen and oxygen atoms in total. The Bertz CT molecular complexity index is 496. The van der Waals surface area contributed by atoms with E-state index in [4.69, 9.17) is 15.2 Å². The lowest BCUT2D eigenvalue weighted by Crippen LogP contribution is -2.45. The molecule has 0 spiro atoms. The highest BCUT2D eigenvalue weighted by Gasteiger charge is 2.23. The van der Waals surface area contributed by atoms with Crippen LogP contribution in [0.15, 0.2) is 18.2 Å². The van der Waals surface area contributed by atoms with Crippen molar-refractivity contribution in [2.24, 2.45) is 5.73 Å². The number of rotatable bonds is 5. The van der Waals surface area contributed by atoms with Gasteiger partial charge >= 0.3 is 0 Å². The van der Waals surface area contributed by atoms with Crippen molar-refractivity contribution in [1.29, 1.82) is 0 Å². The van der Waals surface area contributed by atoms with E-state index in [2.05, 4.69) is 0 Å². The van der Waals surface area contributed by atoms with Gasteiger partial charge in [-0.3, -0.25) is 4.79 Å². The standard InChI is InChI=1S/C16H24N2O3.ClH/c1-3-20-14-8-7-12(10-15(14)21-4-2)16(19)18-9-5-6-13(17)11-18;/h7-8,10,13H,3-6,9,11,17H2,1-2H3;1H. The maximum atomic E-state index is 12.5. The summed E-state index contributed by atoms with van der Waals surface area (Å²) in [7, 11) is 0. The third-order valence-corrected chi connectivity index (χ3v) is 3.54. The summed E-state index contributed by atoms with van der Waals surface area (Å²) in [5.74, 6) is 1.30. The van der Waals surface area contributed by atoms with E-state index in [1.54, 1.807) is 18.2 Å². The van der Waals surface area contributed by atoms with E-state index >= 15 is 0 Å². The monoisotopic (exact) mass is 328 g/mol. The second kappa shape index (κ2) is 8.86. The molecule has 1 aliphatic rings. The number of amides is 1. The van der Waals surface area contributed by atoms with Crippen molar-refractivity contribution in [2.75, 3.05) is 26.3 Å². The number of hydrogen-bond donors (Lipinski definition) is 1. The lowest BCUT2D eigenvalue weighted by Gasteiger charge is -2.31. The molecule has 1 unspecified atom stereocenters. The smallest absolute Gasteiger partial charge is 0.254 e. The van der Waals surface area contributed by atoms with Crippen LogP contribution in [-0.2, 0) is 0 Å². The van der Waals surface area contributed by atoms with E-state index in [1.165, 1.54) is 0 Å². The summed E-state index contributed by atoms with van der Waals surface area (Å²) in [4.78, 5) is 14.4. The Kier molecular flexibility index (Phi) is 7.48. The molecule has 1 aliphatic heterocycles. The van der Waals surface area contributed by atoms with Gasteiger partial charge < -0.3 is 20.1 Å². The highest BCUT2D eigenvalue weighted by Crippen LogP contribution is 2.29. The third-order valence-electron chi connectivity index (χ3n) is 3.54. The number of carbonyl (C=O) groups is 1. The Hall–Kier alpha value is -1.46. The molecule has 124 valence electrons. The largest absolute Gasteiger partial charge is 0.490 e. The molecule has 1 heterocycles. The first kappa shape index (κ1) is 18.6. The van der Waals surface area contributed by atoms with Crippen LogP contribution in [0.2, 0.25) is 0 Å². The summed E-state index contributed by atoms with van der Waals surface area (Å²) in [5.41, 5.74) is 6.56. The quantitative estimate of drug-likeness (QED) is 0.901. The molecule has 1 saturated heterocycles. The topological polar surface area (TPSA) is 64.8 Å². The normalized spacial score (nSPS) is 17.6. The van der Waals surface area contributed by atoms with Gasteiger partial charge in [0.2, 0.25) is 0 Å². The molecule has 1 aromatic carbocycles. The number of likely N-dealkylation sites (tertiary alicyclic amines) is 1. The van der Waals surface area contributed by atoms with Crippen LogP contribution in [0.25, 0.3) is 0 Å². The van der Waals surface area contributed by atoms with Crippen molar-refractivity contribution in [1.82, 2.24) is 4.90 Å². The molecular weight excluding hydrogens is 304 g/mol. The van der Waals surface area contributed by atoms with E-state index < -0.39 is 0 Å². The van der Waals surface area contributed by atoms with Gasteiger partial charge in [0.15, 0.2) is 11.5 Å². The second-order valence-corrected chi connectivity index (χ2v) is 5.18. The van der Waals surface area contributed by atoms with Gasteiger partial charge in [0.05, 0.1) is 13.2 Å². The fraction of sp³-hybridized carbons (Fsp3) is 0.562. The molecule has 1 fully saturated rings. The fourth-order valence-electron chi connectivity index (χ4n) is 2.56. The van der Waals surface area contributed by atoms with E-state index in [0.29, 0.717) is 36.8 Å². The summed E-state index contributed by atoms with van der Waals surface area (Å²) in [6.45, 7) is 6.32. The van der Waals surface area contributed by atoms with Crippen LogP contribution in [0.5, 0.6) is 11.5 Å². The second-order valence-electron chi connectivity index (χ2n) is 5.18. The summed E-state index contributed by atoms with van der Waals surface area (Å²) >= 11 is 0. The van der Waals surface area contributed by atoms with Gasteiger partial charge in [-0.25, -0.2) is 0 Å². The van der Waals surface area contributed by atoms with E-state index in [1.807, 2.05) is 18.7 Å². The highest BCUT2D eigenvalue weighted by atomic mass is 35.5. The predicted molar refractivity (Wildman–Crippen MR) is 89.1 cm³/mol. The van der Waals surface area contributed by atoms with E-state index in [0.717, 1.165) is 19.4 Å². The van der Waals surface area contributed by atoms with Crippen LogP contribution in [-0.4, -0.2) is 43.2 Å². The molecular formula is C16H25ClN2O3. The highest BCUT2D eigenvalue weighted by molar-refractivity contribution is 5.95. The molecule has 0 bridgehead atoms. The van der Waals surface area contributed by atoms with Crippen LogP contribution >= 0.6 is 12.4 Å². The maximum absolute atomic E-state index is 12.5. The third kappa shape index (κ3) is 4.52. The van der Waals surface area contributed by atoms with E-state index in [9.17, 15) is 4.79 Å². The van der Waals surface area contributed by atoms with Gasteiger partial charge in [-0.2, -0.15) is 0 Å². The Morgan fingerprint density at radius 3 is 2.59 bits per heavy atom. The molecule has 1 atom stereocenters. The van der Waals surface area contributed by atoms with Gasteiger partial charge in [-0.15, -0.1) is 12.4 Å². The SMILES string of the molecule is CCOc1ccc(C(=O)N2CCCC(N)C2)cc1OCC.Cl. The molecule has 22 heavy (non-hydrogen) atoms. The molecule has 1 amide bonds. The van der Waals surface area contributed by atoms with Gasteiger partial charge in [-0.1, -0.05) is 0 Å². The number of ether oxygens (including phenoxy) is 2. The summed E-state index contributed by atoms with van der Waals surface area (Å²) in [6.07, 6.45) is 1.94. The molecule has 6 heteroatoms. The lowest BCUT2D eigenvalue weighted by atomic mass is 10.1. The zero-order chi connectivity index (χ0) is 15.2. The van der Waals surface area contributed by atoms with Crippen molar-refractivity contribution < 1.29 is 14.3 Å². The number of hydrogen-bond acceptors (Lipinski definition) is 4. The number of carbonyl (C=O) groups excluding carboxylic acids is 1. The zero-order valence-electron chi connectivity index (χ0n) is 13.2. The predicted octanol–water partition coefficient (Wildman–Crippen LogP) is 2.47. The Balaban J connectivity index is 0.00000242. The molecule has 0 radical (unpaired) electrons. The van der Waals surface area contributed by atoms with Crippen molar-refractivity contribution in [3.8, 4) is 11.5 Å².